The van der Waals surface area contributed by atoms with Crippen LogP contribution in [0.1, 0.15) is 10.4 Å². The molecular weight excluding hydrogens is 238 g/mol. The SMILES string of the molecule is O=C([O-])c1cc(-c2ccncc2)cc2ccccc12. The van der Waals surface area contributed by atoms with Crippen molar-refractivity contribution in [2.75, 3.05) is 0 Å². The van der Waals surface area contributed by atoms with Crippen molar-refractivity contribution in [2.45, 2.75) is 0 Å². The van der Waals surface area contributed by atoms with Gasteiger partial charge >= 0.3 is 0 Å². The fourth-order valence-electron chi connectivity index (χ4n) is 2.19. The smallest absolute Gasteiger partial charge is 0.0721 e. The van der Waals surface area contributed by atoms with Crippen molar-refractivity contribution in [3.63, 3.8) is 0 Å². The molecule has 1 heterocycles. The van der Waals surface area contributed by atoms with E-state index in [0.717, 1.165) is 16.5 Å². The van der Waals surface area contributed by atoms with Crippen molar-refractivity contribution in [1.82, 2.24) is 4.98 Å². The number of rotatable bonds is 2. The third kappa shape index (κ3) is 2.06. The first kappa shape index (κ1) is 11.4. The lowest BCUT2D eigenvalue weighted by Gasteiger charge is -2.11. The second-order valence-corrected chi connectivity index (χ2v) is 4.27. The number of carbonyl (C=O) groups is 1. The lowest BCUT2D eigenvalue weighted by molar-refractivity contribution is -0.254. The van der Waals surface area contributed by atoms with Gasteiger partial charge in [0.05, 0.1) is 5.97 Å². The van der Waals surface area contributed by atoms with Crippen molar-refractivity contribution in [3.05, 3.63) is 66.5 Å². The molecule has 19 heavy (non-hydrogen) atoms. The summed E-state index contributed by atoms with van der Waals surface area (Å²) in [5.74, 6) is -1.16. The molecule has 0 fully saturated rings. The molecule has 0 saturated heterocycles. The van der Waals surface area contributed by atoms with Crippen molar-refractivity contribution in [2.24, 2.45) is 0 Å². The van der Waals surface area contributed by atoms with Gasteiger partial charge < -0.3 is 9.90 Å². The number of aromatic nitrogens is 1. The molecule has 0 bridgehead atoms. The third-order valence-electron chi connectivity index (χ3n) is 3.10. The van der Waals surface area contributed by atoms with E-state index in [1.165, 1.54) is 0 Å². The monoisotopic (exact) mass is 248 g/mol. The highest BCUT2D eigenvalue weighted by Crippen LogP contribution is 2.27. The van der Waals surface area contributed by atoms with Gasteiger partial charge in [0.15, 0.2) is 0 Å². The van der Waals surface area contributed by atoms with Crippen molar-refractivity contribution in [3.8, 4) is 11.1 Å². The first-order valence-corrected chi connectivity index (χ1v) is 5.90. The summed E-state index contributed by atoms with van der Waals surface area (Å²) in [6.07, 6.45) is 3.37. The maximum atomic E-state index is 11.3. The molecule has 2 aromatic carbocycles. The van der Waals surface area contributed by atoms with Gasteiger partial charge in [-0.3, -0.25) is 4.98 Å². The van der Waals surface area contributed by atoms with Crippen LogP contribution in [0.25, 0.3) is 21.9 Å². The van der Waals surface area contributed by atoms with E-state index in [9.17, 15) is 9.90 Å². The molecule has 92 valence electrons. The Balaban J connectivity index is 2.31. The van der Waals surface area contributed by atoms with E-state index in [0.29, 0.717) is 5.39 Å². The minimum atomic E-state index is -1.16. The topological polar surface area (TPSA) is 53.0 Å². The zero-order valence-corrected chi connectivity index (χ0v) is 10.0. The fraction of sp³-hybridized carbons (Fsp3) is 0. The summed E-state index contributed by atoms with van der Waals surface area (Å²) in [6, 6.07) is 14.7. The molecule has 0 unspecified atom stereocenters. The van der Waals surface area contributed by atoms with Crippen LogP contribution >= 0.6 is 0 Å². The largest absolute Gasteiger partial charge is 0.545 e. The van der Waals surface area contributed by atoms with Crippen LogP contribution in [0.2, 0.25) is 0 Å². The van der Waals surface area contributed by atoms with Gasteiger partial charge in [-0.1, -0.05) is 24.3 Å². The molecule has 3 rings (SSSR count). The highest BCUT2D eigenvalue weighted by atomic mass is 16.4. The van der Waals surface area contributed by atoms with E-state index in [2.05, 4.69) is 4.98 Å². The standard InChI is InChI=1S/C16H11NO2/c18-16(19)15-10-13(11-5-7-17-8-6-11)9-12-3-1-2-4-14(12)15/h1-10H,(H,18,19)/p-1. The van der Waals surface area contributed by atoms with E-state index >= 15 is 0 Å². The van der Waals surface area contributed by atoms with Crippen LogP contribution in [0.3, 0.4) is 0 Å². The van der Waals surface area contributed by atoms with Crippen molar-refractivity contribution < 1.29 is 9.90 Å². The maximum absolute atomic E-state index is 11.3. The number of pyridine rings is 1. The van der Waals surface area contributed by atoms with E-state index in [1.807, 2.05) is 36.4 Å². The Morgan fingerprint density at radius 1 is 0.947 bits per heavy atom. The first-order valence-electron chi connectivity index (χ1n) is 5.90. The number of nitrogens with zero attached hydrogens (tertiary/aromatic N) is 1. The van der Waals surface area contributed by atoms with Crippen LogP contribution in [-0.2, 0) is 0 Å². The molecule has 0 atom stereocenters. The van der Waals surface area contributed by atoms with Gasteiger partial charge in [0.25, 0.3) is 0 Å². The minimum Gasteiger partial charge on any atom is -0.545 e. The lowest BCUT2D eigenvalue weighted by Crippen LogP contribution is -2.22. The van der Waals surface area contributed by atoms with Crippen molar-refractivity contribution in [1.29, 1.82) is 0 Å². The Morgan fingerprint density at radius 3 is 2.42 bits per heavy atom. The summed E-state index contributed by atoms with van der Waals surface area (Å²) >= 11 is 0. The van der Waals surface area contributed by atoms with Gasteiger partial charge in [0, 0.05) is 18.0 Å². The molecule has 0 spiro atoms. The number of hydrogen-bond acceptors (Lipinski definition) is 3. The Morgan fingerprint density at radius 2 is 1.68 bits per heavy atom. The summed E-state index contributed by atoms with van der Waals surface area (Å²) in [7, 11) is 0. The summed E-state index contributed by atoms with van der Waals surface area (Å²) in [5.41, 5.74) is 1.99. The summed E-state index contributed by atoms with van der Waals surface area (Å²) in [4.78, 5) is 15.2. The zero-order chi connectivity index (χ0) is 13.2. The minimum absolute atomic E-state index is 0.213. The third-order valence-corrected chi connectivity index (χ3v) is 3.10. The van der Waals surface area contributed by atoms with Gasteiger partial charge in [-0.2, -0.15) is 0 Å². The second kappa shape index (κ2) is 4.53. The average molecular weight is 248 g/mol. The zero-order valence-electron chi connectivity index (χ0n) is 10.0. The van der Waals surface area contributed by atoms with Gasteiger partial charge in [0.1, 0.15) is 0 Å². The van der Waals surface area contributed by atoms with E-state index in [-0.39, 0.29) is 5.56 Å². The Kier molecular flexibility index (Phi) is 2.72. The van der Waals surface area contributed by atoms with Gasteiger partial charge in [-0.15, -0.1) is 0 Å². The predicted octanol–water partition coefficient (Wildman–Crippen LogP) is 2.27. The fourth-order valence-corrected chi connectivity index (χ4v) is 2.19. The Bertz CT molecular complexity index is 751. The molecule has 0 radical (unpaired) electrons. The van der Waals surface area contributed by atoms with Crippen LogP contribution in [0.4, 0.5) is 0 Å². The molecule has 3 aromatic rings. The normalized spacial score (nSPS) is 10.5. The molecule has 0 saturated carbocycles. The number of carboxylic acid groups (broad SMARTS) is 1. The maximum Gasteiger partial charge on any atom is 0.0721 e. The first-order chi connectivity index (χ1) is 9.25. The van der Waals surface area contributed by atoms with Crippen LogP contribution in [0, 0.1) is 0 Å². The highest BCUT2D eigenvalue weighted by molar-refractivity contribution is 6.04. The Hall–Kier alpha value is -2.68. The van der Waals surface area contributed by atoms with Crippen LogP contribution in [-0.4, -0.2) is 11.0 Å². The molecule has 0 aliphatic rings. The molecule has 3 nitrogen and oxygen atoms in total. The van der Waals surface area contributed by atoms with Gasteiger partial charge in [-0.25, -0.2) is 0 Å². The number of carboxylic acids is 1. The number of hydrogen-bond donors (Lipinski definition) is 0. The average Bonchev–Trinajstić information content (AvgIpc) is 2.47. The summed E-state index contributed by atoms with van der Waals surface area (Å²) in [5, 5.41) is 12.9. The van der Waals surface area contributed by atoms with E-state index in [1.54, 1.807) is 24.5 Å². The van der Waals surface area contributed by atoms with Gasteiger partial charge in [0.2, 0.25) is 0 Å². The number of benzene rings is 2. The predicted molar refractivity (Wildman–Crippen MR) is 71.5 cm³/mol. The van der Waals surface area contributed by atoms with Gasteiger partial charge in [-0.05, 0) is 46.2 Å². The molecule has 0 aliphatic carbocycles. The van der Waals surface area contributed by atoms with Crippen LogP contribution < -0.4 is 5.11 Å². The highest BCUT2D eigenvalue weighted by Gasteiger charge is 2.06. The Labute approximate surface area is 110 Å². The second-order valence-electron chi connectivity index (χ2n) is 4.27. The number of carbonyl (C=O) groups excluding carboxylic acids is 1. The summed E-state index contributed by atoms with van der Waals surface area (Å²) < 4.78 is 0. The van der Waals surface area contributed by atoms with Crippen molar-refractivity contribution >= 4 is 16.7 Å². The molecule has 3 heteroatoms. The molecular formula is C16H10NO2-. The molecule has 0 amide bonds. The molecule has 0 aliphatic heterocycles. The quantitative estimate of drug-likeness (QED) is 0.699. The van der Waals surface area contributed by atoms with Crippen LogP contribution in [0.5, 0.6) is 0 Å². The number of aromatic carboxylic acids is 1. The number of fused-ring (bicyclic) bond motifs is 1. The van der Waals surface area contributed by atoms with Crippen LogP contribution in [0.15, 0.2) is 60.9 Å². The van der Waals surface area contributed by atoms with E-state index < -0.39 is 5.97 Å². The summed E-state index contributed by atoms with van der Waals surface area (Å²) in [6.45, 7) is 0. The lowest BCUT2D eigenvalue weighted by atomic mass is 9.97. The van der Waals surface area contributed by atoms with E-state index in [4.69, 9.17) is 0 Å². The molecule has 1 aromatic heterocycles. The molecule has 0 N–H and O–H groups in total.